The average Bonchev–Trinajstić information content (AvgIpc) is 3.24. The molecule has 0 radical (unpaired) electrons. The lowest BCUT2D eigenvalue weighted by atomic mass is 10.1. The molecule has 0 aliphatic rings. The fourth-order valence-corrected chi connectivity index (χ4v) is 3.74. The lowest BCUT2D eigenvalue weighted by Gasteiger charge is -2.09. The van der Waals surface area contributed by atoms with Gasteiger partial charge in [0.05, 0.1) is 6.54 Å². The van der Waals surface area contributed by atoms with Gasteiger partial charge in [-0.1, -0.05) is 30.3 Å². The molecule has 0 atom stereocenters. The number of aromatic hydroxyl groups is 1. The highest BCUT2D eigenvalue weighted by molar-refractivity contribution is 7.14. The zero-order valence-corrected chi connectivity index (χ0v) is 18.5. The molecule has 1 aromatic carbocycles. The van der Waals surface area contributed by atoms with E-state index in [9.17, 15) is 33.0 Å². The number of rotatable bonds is 7. The molecule has 0 saturated carbocycles. The van der Waals surface area contributed by atoms with Gasteiger partial charge in [-0.25, -0.2) is 9.78 Å². The van der Waals surface area contributed by atoms with Crippen molar-refractivity contribution in [2.24, 2.45) is 7.05 Å². The van der Waals surface area contributed by atoms with E-state index in [1.165, 1.54) is 28.5 Å². The van der Waals surface area contributed by atoms with Crippen LogP contribution in [-0.2, 0) is 18.3 Å². The SMILES string of the molecule is Cn1c(-c2sccc2[NH2+]CCCc2ccccc2)nc(C(=O)O)c(O)c1=O.O=C([O-])C(F)(F)F. The number of nitrogens with two attached hydrogens (primary N) is 1. The quantitative estimate of drug-likeness (QED) is 0.411. The first-order valence-electron chi connectivity index (χ1n) is 9.70. The summed E-state index contributed by atoms with van der Waals surface area (Å²) in [5.74, 6) is -5.05. The van der Waals surface area contributed by atoms with Gasteiger partial charge in [0.15, 0.2) is 17.2 Å². The third-order valence-corrected chi connectivity index (χ3v) is 5.40. The summed E-state index contributed by atoms with van der Waals surface area (Å²) in [5.41, 5.74) is 0.778. The number of carbonyl (C=O) groups excluding carboxylic acids is 1. The van der Waals surface area contributed by atoms with E-state index in [-0.39, 0.29) is 5.82 Å². The zero-order chi connectivity index (χ0) is 25.5. The van der Waals surface area contributed by atoms with Crippen LogP contribution in [0, 0.1) is 0 Å². The topological polar surface area (TPSA) is 149 Å². The molecule has 2 heterocycles. The van der Waals surface area contributed by atoms with E-state index in [4.69, 9.17) is 9.90 Å². The number of halogens is 3. The molecule has 0 aliphatic carbocycles. The Morgan fingerprint density at radius 1 is 1.21 bits per heavy atom. The minimum absolute atomic E-state index is 0.236. The molecule has 0 fully saturated rings. The normalized spacial score (nSPS) is 10.9. The first-order chi connectivity index (χ1) is 15.9. The van der Waals surface area contributed by atoms with E-state index in [0.29, 0.717) is 4.88 Å². The summed E-state index contributed by atoms with van der Waals surface area (Å²) in [5, 5.41) is 31.6. The smallest absolute Gasteiger partial charge is 0.430 e. The molecule has 182 valence electrons. The molecule has 0 aliphatic heterocycles. The van der Waals surface area contributed by atoms with Gasteiger partial charge in [0.25, 0.3) is 5.56 Å². The minimum atomic E-state index is -5.19. The average molecular weight is 499 g/mol. The van der Waals surface area contributed by atoms with Crippen molar-refractivity contribution in [3.05, 3.63) is 63.4 Å². The number of hydrogen-bond donors (Lipinski definition) is 3. The van der Waals surface area contributed by atoms with Gasteiger partial charge in [0, 0.05) is 19.5 Å². The van der Waals surface area contributed by atoms with Gasteiger partial charge < -0.3 is 25.4 Å². The number of aromatic carboxylic acids is 1. The van der Waals surface area contributed by atoms with E-state index in [1.807, 2.05) is 29.6 Å². The van der Waals surface area contributed by atoms with Crippen molar-refractivity contribution in [3.63, 3.8) is 0 Å². The summed E-state index contributed by atoms with van der Waals surface area (Å²) in [4.78, 5) is 36.9. The lowest BCUT2D eigenvalue weighted by Crippen LogP contribution is -2.78. The summed E-state index contributed by atoms with van der Waals surface area (Å²) < 4.78 is 32.7. The van der Waals surface area contributed by atoms with Gasteiger partial charge in [0.1, 0.15) is 10.8 Å². The number of quaternary nitrogens is 1. The molecule has 0 amide bonds. The van der Waals surface area contributed by atoms with Gasteiger partial charge >= 0.3 is 12.1 Å². The maximum Gasteiger partial charge on any atom is 0.430 e. The maximum absolute atomic E-state index is 12.1. The Labute approximate surface area is 194 Å². The molecule has 13 heteroatoms. The third-order valence-electron chi connectivity index (χ3n) is 4.48. The van der Waals surface area contributed by atoms with Gasteiger partial charge in [-0.15, -0.1) is 11.3 Å². The van der Waals surface area contributed by atoms with E-state index >= 15 is 0 Å². The van der Waals surface area contributed by atoms with Crippen LogP contribution in [0.2, 0.25) is 0 Å². The van der Waals surface area contributed by atoms with Crippen molar-refractivity contribution in [3.8, 4) is 16.5 Å². The number of carbonyl (C=O) groups is 2. The summed E-state index contributed by atoms with van der Waals surface area (Å²) in [7, 11) is 1.47. The number of benzene rings is 1. The zero-order valence-electron chi connectivity index (χ0n) is 17.7. The molecular weight excluding hydrogens is 479 g/mol. The number of aryl methyl sites for hydroxylation is 1. The van der Waals surface area contributed by atoms with Crippen LogP contribution in [0.4, 0.5) is 18.9 Å². The van der Waals surface area contributed by atoms with Crippen LogP contribution in [0.1, 0.15) is 22.5 Å². The largest absolute Gasteiger partial charge is 0.542 e. The summed E-state index contributed by atoms with van der Waals surface area (Å²) >= 11 is 1.38. The fraction of sp³-hybridized carbons (Fsp3) is 0.238. The van der Waals surface area contributed by atoms with Crippen molar-refractivity contribution < 1.29 is 43.4 Å². The molecular formula is C21H20F3N3O6S. The van der Waals surface area contributed by atoms with Crippen LogP contribution in [0.25, 0.3) is 10.7 Å². The highest BCUT2D eigenvalue weighted by Crippen LogP contribution is 2.29. The molecule has 34 heavy (non-hydrogen) atoms. The standard InChI is InChI=1S/C19H19N3O4S.C2HF3O2/c1-22-17(21-14(19(25)26)15(23)18(22)24)16-13(9-11-27-16)20-10-5-8-12-6-3-2-4-7-12;3-2(4,5)1(6)7/h2-4,6-7,9,11,20,23H,5,8,10H2,1H3,(H,25,26);(H,6,7). The molecule has 2 aromatic heterocycles. The summed E-state index contributed by atoms with van der Waals surface area (Å²) in [6.45, 7) is 0.844. The van der Waals surface area contributed by atoms with Crippen molar-refractivity contribution in [2.75, 3.05) is 6.54 Å². The van der Waals surface area contributed by atoms with Gasteiger partial charge in [-0.3, -0.25) is 9.36 Å². The number of thiophene rings is 1. The van der Waals surface area contributed by atoms with Crippen LogP contribution in [0.3, 0.4) is 0 Å². The molecule has 0 spiro atoms. The predicted octanol–water partition coefficient (Wildman–Crippen LogP) is 1.04. The van der Waals surface area contributed by atoms with Gasteiger partial charge in [-0.05, 0) is 17.4 Å². The fourth-order valence-electron chi connectivity index (χ4n) is 2.81. The number of carboxylic acids is 2. The Hall–Kier alpha value is -3.71. The van der Waals surface area contributed by atoms with Gasteiger partial charge in [0.2, 0.25) is 5.75 Å². The highest BCUT2D eigenvalue weighted by Gasteiger charge is 2.28. The Morgan fingerprint density at radius 3 is 2.38 bits per heavy atom. The Kier molecular flexibility index (Phi) is 8.92. The summed E-state index contributed by atoms with van der Waals surface area (Å²) in [6.07, 6.45) is -3.25. The van der Waals surface area contributed by atoms with Crippen molar-refractivity contribution >= 4 is 29.0 Å². The Morgan fingerprint density at radius 2 is 1.82 bits per heavy atom. The third kappa shape index (κ3) is 6.89. The Bertz CT molecular complexity index is 1210. The minimum Gasteiger partial charge on any atom is -0.542 e. The maximum atomic E-state index is 12.1. The molecule has 0 unspecified atom stereocenters. The number of aliphatic carboxylic acids is 1. The van der Waals surface area contributed by atoms with Crippen LogP contribution < -0.4 is 16.0 Å². The first-order valence-corrected chi connectivity index (χ1v) is 10.6. The second-order valence-electron chi connectivity index (χ2n) is 6.87. The molecule has 3 rings (SSSR count). The monoisotopic (exact) mass is 499 g/mol. The van der Waals surface area contributed by atoms with Crippen LogP contribution in [-0.4, -0.2) is 44.4 Å². The number of aromatic nitrogens is 2. The number of carboxylic acid groups (broad SMARTS) is 2. The highest BCUT2D eigenvalue weighted by atomic mass is 32.1. The van der Waals surface area contributed by atoms with E-state index in [0.717, 1.165) is 25.1 Å². The predicted molar refractivity (Wildman–Crippen MR) is 114 cm³/mol. The Balaban J connectivity index is 0.000000509. The second kappa shape index (κ2) is 11.4. The lowest BCUT2D eigenvalue weighted by molar-refractivity contribution is -0.571. The molecule has 0 bridgehead atoms. The van der Waals surface area contributed by atoms with E-state index in [1.54, 1.807) is 0 Å². The van der Waals surface area contributed by atoms with Crippen molar-refractivity contribution in [1.82, 2.24) is 9.55 Å². The number of alkyl halides is 3. The van der Waals surface area contributed by atoms with E-state index in [2.05, 4.69) is 22.4 Å². The second-order valence-corrected chi connectivity index (χ2v) is 7.79. The molecule has 4 N–H and O–H groups in total. The number of hydrogen-bond acceptors (Lipinski definition) is 7. The van der Waals surface area contributed by atoms with Crippen molar-refractivity contribution in [2.45, 2.75) is 19.0 Å². The van der Waals surface area contributed by atoms with Crippen LogP contribution >= 0.6 is 11.3 Å². The van der Waals surface area contributed by atoms with Crippen LogP contribution in [0.5, 0.6) is 5.75 Å². The molecule has 0 saturated heterocycles. The molecule has 3 aromatic rings. The van der Waals surface area contributed by atoms with Crippen molar-refractivity contribution in [1.29, 1.82) is 0 Å². The molecule has 9 nitrogen and oxygen atoms in total. The number of nitrogens with zero attached hydrogens (tertiary/aromatic N) is 2. The van der Waals surface area contributed by atoms with Crippen LogP contribution in [0.15, 0.2) is 46.6 Å². The first kappa shape index (κ1) is 26.5. The van der Waals surface area contributed by atoms with Gasteiger partial charge in [-0.2, -0.15) is 13.2 Å². The van der Waals surface area contributed by atoms with E-state index < -0.39 is 35.1 Å². The summed E-state index contributed by atoms with van der Waals surface area (Å²) in [6, 6.07) is 12.1.